The lowest BCUT2D eigenvalue weighted by Gasteiger charge is -2.33. The zero-order valence-corrected chi connectivity index (χ0v) is 13.0. The molecule has 1 saturated heterocycles. The second kappa shape index (κ2) is 6.91. The van der Waals surface area contributed by atoms with Crippen LogP contribution in [0.4, 0.5) is 4.39 Å². The molecule has 1 aliphatic heterocycles. The lowest BCUT2D eigenvalue weighted by molar-refractivity contribution is -0.145. The Bertz CT molecular complexity index is 660. The molecule has 0 saturated carbocycles. The summed E-state index contributed by atoms with van der Waals surface area (Å²) in [5.74, 6) is -0.606. The third kappa shape index (κ3) is 3.42. The number of nitrogens with one attached hydrogen (secondary N) is 1. The maximum atomic E-state index is 13.8. The fraction of sp³-hybridized carbons (Fsp3) is 0.412. The summed E-state index contributed by atoms with van der Waals surface area (Å²) >= 11 is 0. The van der Waals surface area contributed by atoms with Gasteiger partial charge in [0, 0.05) is 32.0 Å². The number of aromatic amines is 1. The Hall–Kier alpha value is -2.21. The average molecular weight is 317 g/mol. The molecule has 0 aliphatic carbocycles. The van der Waals surface area contributed by atoms with E-state index in [4.69, 9.17) is 4.74 Å². The van der Waals surface area contributed by atoms with Gasteiger partial charge in [-0.25, -0.2) is 4.39 Å². The number of benzene rings is 1. The van der Waals surface area contributed by atoms with Crippen LogP contribution in [0.15, 0.2) is 36.5 Å². The predicted octanol–water partition coefficient (Wildman–Crippen LogP) is 2.68. The van der Waals surface area contributed by atoms with Crippen LogP contribution in [0.2, 0.25) is 0 Å². The highest BCUT2D eigenvalue weighted by Gasteiger charge is 2.35. The summed E-state index contributed by atoms with van der Waals surface area (Å²) in [5.41, 5.74) is 1.32. The summed E-state index contributed by atoms with van der Waals surface area (Å²) < 4.78 is 19.6. The first kappa shape index (κ1) is 15.7. The van der Waals surface area contributed by atoms with Crippen molar-refractivity contribution in [3.05, 3.63) is 53.6 Å². The van der Waals surface area contributed by atoms with Crippen molar-refractivity contribution in [2.75, 3.05) is 13.7 Å². The van der Waals surface area contributed by atoms with E-state index in [-0.39, 0.29) is 30.3 Å². The molecule has 1 N–H and O–H groups in total. The fourth-order valence-corrected chi connectivity index (χ4v) is 3.01. The molecule has 1 aliphatic rings. The third-order valence-electron chi connectivity index (χ3n) is 4.21. The van der Waals surface area contributed by atoms with Crippen molar-refractivity contribution in [1.82, 2.24) is 15.1 Å². The largest absolute Gasteiger partial charge is 0.371 e. The summed E-state index contributed by atoms with van der Waals surface area (Å²) in [4.78, 5) is 14.4. The van der Waals surface area contributed by atoms with Crippen LogP contribution in [0.1, 0.15) is 30.2 Å². The van der Waals surface area contributed by atoms with Crippen LogP contribution in [0.5, 0.6) is 0 Å². The quantitative estimate of drug-likeness (QED) is 0.943. The van der Waals surface area contributed by atoms with Crippen molar-refractivity contribution in [3.8, 4) is 0 Å². The van der Waals surface area contributed by atoms with Crippen molar-refractivity contribution in [2.45, 2.75) is 25.5 Å². The zero-order valence-electron chi connectivity index (χ0n) is 13.0. The van der Waals surface area contributed by atoms with Gasteiger partial charge in [0.25, 0.3) is 0 Å². The number of ether oxygens (including phenoxy) is 1. The summed E-state index contributed by atoms with van der Waals surface area (Å²) in [7, 11) is 1.70. The number of carbonyl (C=O) groups is 1. The standard InChI is InChI=1S/C17H20FN3O2/c1-21(11-12-5-2-3-7-14(12)18)17(22)13-6-4-10-23-16(13)15-8-9-19-20-15/h2-3,5,7-9,13,16H,4,6,10-11H2,1H3,(H,19,20)/t13-,16-/m1/s1. The van der Waals surface area contributed by atoms with Gasteiger partial charge in [-0.05, 0) is 25.0 Å². The molecule has 6 heteroatoms. The molecule has 5 nitrogen and oxygen atoms in total. The van der Waals surface area contributed by atoms with Gasteiger partial charge in [-0.15, -0.1) is 0 Å². The van der Waals surface area contributed by atoms with Crippen molar-refractivity contribution in [3.63, 3.8) is 0 Å². The fourth-order valence-electron chi connectivity index (χ4n) is 3.01. The second-order valence-corrected chi connectivity index (χ2v) is 5.84. The molecule has 0 radical (unpaired) electrons. The first-order valence-electron chi connectivity index (χ1n) is 7.76. The summed E-state index contributed by atoms with van der Waals surface area (Å²) in [5, 5.41) is 6.82. The van der Waals surface area contributed by atoms with Crippen molar-refractivity contribution in [2.24, 2.45) is 5.92 Å². The molecule has 0 spiro atoms. The monoisotopic (exact) mass is 317 g/mol. The van der Waals surface area contributed by atoms with Crippen LogP contribution in [0.25, 0.3) is 0 Å². The van der Waals surface area contributed by atoms with E-state index in [1.54, 1.807) is 36.3 Å². The van der Waals surface area contributed by atoms with Crippen molar-refractivity contribution >= 4 is 5.91 Å². The van der Waals surface area contributed by atoms with Gasteiger partial charge in [0.15, 0.2) is 0 Å². The highest BCUT2D eigenvalue weighted by Crippen LogP contribution is 2.34. The molecule has 122 valence electrons. The van der Waals surface area contributed by atoms with E-state index < -0.39 is 0 Å². The number of aromatic nitrogens is 2. The number of halogens is 1. The second-order valence-electron chi connectivity index (χ2n) is 5.84. The molecule has 1 amide bonds. The van der Waals surface area contributed by atoms with E-state index in [1.165, 1.54) is 6.07 Å². The van der Waals surface area contributed by atoms with Crippen LogP contribution in [0.3, 0.4) is 0 Å². The summed E-state index contributed by atoms with van der Waals surface area (Å²) in [6.07, 6.45) is 2.93. The molecule has 2 atom stereocenters. The molecule has 0 bridgehead atoms. The minimum Gasteiger partial charge on any atom is -0.371 e. The number of nitrogens with zero attached hydrogens (tertiary/aromatic N) is 2. The Balaban J connectivity index is 1.73. The van der Waals surface area contributed by atoms with Gasteiger partial charge in [0.1, 0.15) is 11.9 Å². The van der Waals surface area contributed by atoms with Crippen LogP contribution >= 0.6 is 0 Å². The number of H-pyrrole nitrogens is 1. The number of carbonyl (C=O) groups excluding carboxylic acids is 1. The van der Waals surface area contributed by atoms with Gasteiger partial charge in [-0.1, -0.05) is 18.2 Å². The molecule has 1 aromatic heterocycles. The Morgan fingerprint density at radius 3 is 3.00 bits per heavy atom. The Morgan fingerprint density at radius 1 is 1.43 bits per heavy atom. The summed E-state index contributed by atoms with van der Waals surface area (Å²) in [6, 6.07) is 8.35. The molecule has 1 fully saturated rings. The van der Waals surface area contributed by atoms with E-state index in [1.807, 2.05) is 6.07 Å². The van der Waals surface area contributed by atoms with E-state index in [9.17, 15) is 9.18 Å². The van der Waals surface area contributed by atoms with Crippen molar-refractivity contribution < 1.29 is 13.9 Å². The van der Waals surface area contributed by atoms with E-state index >= 15 is 0 Å². The number of rotatable bonds is 4. The maximum Gasteiger partial charge on any atom is 0.228 e. The number of amides is 1. The smallest absolute Gasteiger partial charge is 0.228 e. The third-order valence-corrected chi connectivity index (χ3v) is 4.21. The van der Waals surface area contributed by atoms with Gasteiger partial charge in [0.2, 0.25) is 5.91 Å². The van der Waals surface area contributed by atoms with E-state index in [0.717, 1.165) is 18.5 Å². The van der Waals surface area contributed by atoms with Gasteiger partial charge in [0.05, 0.1) is 11.6 Å². The SMILES string of the molecule is CN(Cc1ccccc1F)C(=O)[C@@H]1CCCO[C@H]1c1ccn[nH]1. The first-order valence-corrected chi connectivity index (χ1v) is 7.76. The zero-order chi connectivity index (χ0) is 16.2. The Labute approximate surface area is 134 Å². The van der Waals surface area contributed by atoms with Gasteiger partial charge in [-0.3, -0.25) is 9.89 Å². The predicted molar refractivity (Wildman–Crippen MR) is 82.9 cm³/mol. The summed E-state index contributed by atoms with van der Waals surface area (Å²) in [6.45, 7) is 0.877. The number of hydrogen-bond donors (Lipinski definition) is 1. The maximum absolute atomic E-state index is 13.8. The van der Waals surface area contributed by atoms with Gasteiger partial charge < -0.3 is 9.64 Å². The molecule has 2 heterocycles. The molecular formula is C17H20FN3O2. The van der Waals surface area contributed by atoms with E-state index in [2.05, 4.69) is 10.2 Å². The van der Waals surface area contributed by atoms with Crippen LogP contribution < -0.4 is 0 Å². The minimum atomic E-state index is -0.318. The minimum absolute atomic E-state index is 0.0347. The Morgan fingerprint density at radius 2 is 2.26 bits per heavy atom. The number of hydrogen-bond acceptors (Lipinski definition) is 3. The molecular weight excluding hydrogens is 297 g/mol. The van der Waals surface area contributed by atoms with E-state index in [0.29, 0.717) is 12.2 Å². The van der Waals surface area contributed by atoms with Crippen molar-refractivity contribution in [1.29, 1.82) is 0 Å². The van der Waals surface area contributed by atoms with Crippen LogP contribution in [0, 0.1) is 11.7 Å². The molecule has 1 aromatic carbocycles. The highest BCUT2D eigenvalue weighted by molar-refractivity contribution is 5.79. The molecule has 0 unspecified atom stereocenters. The molecule has 23 heavy (non-hydrogen) atoms. The average Bonchev–Trinajstić information content (AvgIpc) is 3.10. The highest BCUT2D eigenvalue weighted by atomic mass is 19.1. The van der Waals surface area contributed by atoms with Gasteiger partial charge in [-0.2, -0.15) is 5.10 Å². The first-order chi connectivity index (χ1) is 11.2. The van der Waals surface area contributed by atoms with Crippen LogP contribution in [-0.2, 0) is 16.1 Å². The Kier molecular flexibility index (Phi) is 4.71. The normalized spacial score (nSPS) is 21.1. The lowest BCUT2D eigenvalue weighted by Crippen LogP contribution is -2.38. The lowest BCUT2D eigenvalue weighted by atomic mass is 9.91. The molecule has 2 aromatic rings. The molecule has 3 rings (SSSR count). The topological polar surface area (TPSA) is 58.2 Å². The van der Waals surface area contributed by atoms with Crippen LogP contribution in [-0.4, -0.2) is 34.7 Å². The van der Waals surface area contributed by atoms with Gasteiger partial charge >= 0.3 is 0 Å².